The van der Waals surface area contributed by atoms with Crippen LogP contribution >= 0.6 is 0 Å². The fourth-order valence-electron chi connectivity index (χ4n) is 1.46. The lowest BCUT2D eigenvalue weighted by molar-refractivity contribution is 0.340. The van der Waals surface area contributed by atoms with Crippen molar-refractivity contribution in [3.63, 3.8) is 0 Å². The predicted octanol–water partition coefficient (Wildman–Crippen LogP) is 1.99. The molecule has 0 saturated heterocycles. The van der Waals surface area contributed by atoms with E-state index in [-0.39, 0.29) is 0 Å². The standard InChI is InChI=1S/C11H16N2O/c1-4-14-10-5-8(2)11(7-13-12)9(3)6-10/h5-7H,4,12H2,1-3H3. The minimum Gasteiger partial charge on any atom is -0.494 e. The topological polar surface area (TPSA) is 47.6 Å². The largest absolute Gasteiger partial charge is 0.494 e. The molecule has 0 amide bonds. The fourth-order valence-corrected chi connectivity index (χ4v) is 1.46. The van der Waals surface area contributed by atoms with E-state index < -0.39 is 0 Å². The molecule has 1 aromatic carbocycles. The van der Waals surface area contributed by atoms with Crippen LogP contribution in [0.4, 0.5) is 0 Å². The van der Waals surface area contributed by atoms with Gasteiger partial charge in [0, 0.05) is 5.56 Å². The van der Waals surface area contributed by atoms with Crippen LogP contribution in [0, 0.1) is 13.8 Å². The van der Waals surface area contributed by atoms with E-state index in [0.29, 0.717) is 6.61 Å². The molecule has 2 N–H and O–H groups in total. The van der Waals surface area contributed by atoms with Crippen molar-refractivity contribution in [2.24, 2.45) is 10.9 Å². The molecule has 0 bridgehead atoms. The van der Waals surface area contributed by atoms with Gasteiger partial charge < -0.3 is 10.6 Å². The van der Waals surface area contributed by atoms with Gasteiger partial charge >= 0.3 is 0 Å². The normalized spacial score (nSPS) is 10.8. The van der Waals surface area contributed by atoms with Gasteiger partial charge in [-0.3, -0.25) is 0 Å². The number of nitrogens with two attached hydrogens (primary N) is 1. The van der Waals surface area contributed by atoms with Crippen LogP contribution in [0.25, 0.3) is 0 Å². The van der Waals surface area contributed by atoms with Crippen LogP contribution in [0.2, 0.25) is 0 Å². The average molecular weight is 192 g/mol. The van der Waals surface area contributed by atoms with Gasteiger partial charge in [-0.15, -0.1) is 0 Å². The monoisotopic (exact) mass is 192 g/mol. The molecule has 0 aromatic heterocycles. The van der Waals surface area contributed by atoms with Gasteiger partial charge in [0.1, 0.15) is 5.75 Å². The minimum absolute atomic E-state index is 0.684. The maximum atomic E-state index is 5.42. The second-order valence-corrected chi connectivity index (χ2v) is 3.18. The van der Waals surface area contributed by atoms with Crippen molar-refractivity contribution in [2.45, 2.75) is 20.8 Å². The Balaban J connectivity index is 3.11. The first-order chi connectivity index (χ1) is 6.69. The Labute approximate surface area is 84.6 Å². The number of hydrogen-bond acceptors (Lipinski definition) is 3. The molecule has 0 atom stereocenters. The van der Waals surface area contributed by atoms with Gasteiger partial charge in [0.05, 0.1) is 12.8 Å². The third-order valence-corrected chi connectivity index (χ3v) is 2.08. The molecule has 14 heavy (non-hydrogen) atoms. The van der Waals surface area contributed by atoms with Crippen LogP contribution in [0.3, 0.4) is 0 Å². The van der Waals surface area contributed by atoms with Gasteiger partial charge in [0.2, 0.25) is 0 Å². The number of aryl methyl sites for hydroxylation is 2. The zero-order valence-electron chi connectivity index (χ0n) is 8.87. The van der Waals surface area contributed by atoms with Crippen LogP contribution in [0.5, 0.6) is 5.75 Å². The summed E-state index contributed by atoms with van der Waals surface area (Å²) in [6.45, 7) is 6.70. The van der Waals surface area contributed by atoms with Gasteiger partial charge in [-0.05, 0) is 44.0 Å². The summed E-state index contributed by atoms with van der Waals surface area (Å²) >= 11 is 0. The Morgan fingerprint density at radius 1 is 1.36 bits per heavy atom. The summed E-state index contributed by atoms with van der Waals surface area (Å²) in [4.78, 5) is 0. The first-order valence-electron chi connectivity index (χ1n) is 4.66. The number of rotatable bonds is 3. The molecule has 0 saturated carbocycles. The summed E-state index contributed by atoms with van der Waals surface area (Å²) in [5.74, 6) is 6.03. The Bertz CT molecular complexity index is 322. The van der Waals surface area contributed by atoms with E-state index >= 15 is 0 Å². The van der Waals surface area contributed by atoms with Crippen molar-refractivity contribution < 1.29 is 4.74 Å². The van der Waals surface area contributed by atoms with E-state index in [1.54, 1.807) is 6.21 Å². The Morgan fingerprint density at radius 2 is 1.93 bits per heavy atom. The van der Waals surface area contributed by atoms with Gasteiger partial charge in [0.25, 0.3) is 0 Å². The van der Waals surface area contributed by atoms with Gasteiger partial charge in [0.15, 0.2) is 0 Å². The molecular formula is C11H16N2O. The van der Waals surface area contributed by atoms with Crippen LogP contribution in [-0.2, 0) is 0 Å². The first-order valence-corrected chi connectivity index (χ1v) is 4.66. The van der Waals surface area contributed by atoms with Crippen molar-refractivity contribution in [3.05, 3.63) is 28.8 Å². The highest BCUT2D eigenvalue weighted by Gasteiger charge is 2.03. The molecule has 76 valence electrons. The van der Waals surface area contributed by atoms with Crippen LogP contribution in [0.1, 0.15) is 23.6 Å². The van der Waals surface area contributed by atoms with E-state index in [1.807, 2.05) is 32.9 Å². The maximum absolute atomic E-state index is 5.42. The van der Waals surface area contributed by atoms with Crippen LogP contribution in [-0.4, -0.2) is 12.8 Å². The molecule has 0 radical (unpaired) electrons. The molecule has 0 spiro atoms. The van der Waals surface area contributed by atoms with Crippen molar-refractivity contribution in [1.82, 2.24) is 0 Å². The molecule has 0 aliphatic heterocycles. The Hall–Kier alpha value is -1.51. The lowest BCUT2D eigenvalue weighted by Gasteiger charge is -2.09. The number of hydrogen-bond donors (Lipinski definition) is 1. The highest BCUT2D eigenvalue weighted by Crippen LogP contribution is 2.20. The number of hydrazone groups is 1. The van der Waals surface area contributed by atoms with Crippen molar-refractivity contribution in [1.29, 1.82) is 0 Å². The second-order valence-electron chi connectivity index (χ2n) is 3.18. The molecule has 0 aliphatic rings. The highest BCUT2D eigenvalue weighted by atomic mass is 16.5. The van der Waals surface area contributed by atoms with E-state index in [9.17, 15) is 0 Å². The summed E-state index contributed by atoms with van der Waals surface area (Å²) in [5, 5.41) is 3.54. The lowest BCUT2D eigenvalue weighted by atomic mass is 10.0. The summed E-state index contributed by atoms with van der Waals surface area (Å²) in [7, 11) is 0. The predicted molar refractivity (Wildman–Crippen MR) is 58.9 cm³/mol. The Kier molecular flexibility index (Phi) is 3.51. The smallest absolute Gasteiger partial charge is 0.119 e. The van der Waals surface area contributed by atoms with Gasteiger partial charge in [-0.1, -0.05) is 0 Å². The van der Waals surface area contributed by atoms with Crippen LogP contribution < -0.4 is 10.6 Å². The lowest BCUT2D eigenvalue weighted by Crippen LogP contribution is -1.98. The summed E-state index contributed by atoms with van der Waals surface area (Å²) in [6.07, 6.45) is 1.67. The molecular weight excluding hydrogens is 176 g/mol. The average Bonchev–Trinajstić information content (AvgIpc) is 2.12. The molecule has 0 unspecified atom stereocenters. The Morgan fingerprint density at radius 3 is 2.36 bits per heavy atom. The number of ether oxygens (including phenoxy) is 1. The summed E-state index contributed by atoms with van der Waals surface area (Å²) < 4.78 is 5.42. The molecule has 3 nitrogen and oxygen atoms in total. The van der Waals surface area contributed by atoms with Crippen LogP contribution in [0.15, 0.2) is 17.2 Å². The third kappa shape index (κ3) is 2.25. The summed E-state index contributed by atoms with van der Waals surface area (Å²) in [5.41, 5.74) is 3.32. The zero-order valence-corrected chi connectivity index (χ0v) is 8.87. The molecule has 0 fully saturated rings. The van der Waals surface area contributed by atoms with Crippen molar-refractivity contribution >= 4 is 6.21 Å². The van der Waals surface area contributed by atoms with Gasteiger partial charge in [-0.25, -0.2) is 0 Å². The zero-order chi connectivity index (χ0) is 10.6. The van der Waals surface area contributed by atoms with E-state index in [1.165, 1.54) is 0 Å². The summed E-state index contributed by atoms with van der Waals surface area (Å²) in [6, 6.07) is 3.99. The van der Waals surface area contributed by atoms with E-state index in [4.69, 9.17) is 10.6 Å². The third-order valence-electron chi connectivity index (χ3n) is 2.08. The highest BCUT2D eigenvalue weighted by molar-refractivity contribution is 5.83. The molecule has 0 aliphatic carbocycles. The van der Waals surface area contributed by atoms with E-state index in [0.717, 1.165) is 22.4 Å². The van der Waals surface area contributed by atoms with Crippen molar-refractivity contribution in [3.8, 4) is 5.75 Å². The number of nitrogens with zero attached hydrogens (tertiary/aromatic N) is 1. The fraction of sp³-hybridized carbons (Fsp3) is 0.364. The molecule has 3 heteroatoms. The van der Waals surface area contributed by atoms with Gasteiger partial charge in [-0.2, -0.15) is 5.10 Å². The maximum Gasteiger partial charge on any atom is 0.119 e. The molecule has 0 heterocycles. The second kappa shape index (κ2) is 4.65. The first kappa shape index (κ1) is 10.6. The van der Waals surface area contributed by atoms with Crippen molar-refractivity contribution in [2.75, 3.05) is 6.61 Å². The SMILES string of the molecule is CCOc1cc(C)c(C=NN)c(C)c1. The van der Waals surface area contributed by atoms with E-state index in [2.05, 4.69) is 5.10 Å². The molecule has 1 aromatic rings. The number of benzene rings is 1. The minimum atomic E-state index is 0.684. The molecule has 1 rings (SSSR count). The quantitative estimate of drug-likeness (QED) is 0.452.